The predicted octanol–water partition coefficient (Wildman–Crippen LogP) is 1.62. The van der Waals surface area contributed by atoms with E-state index in [-0.39, 0.29) is 6.61 Å². The number of hydrogen-bond acceptors (Lipinski definition) is 5. The van der Waals surface area contributed by atoms with E-state index in [0.29, 0.717) is 13.1 Å². The Morgan fingerprint density at radius 3 is 2.57 bits per heavy atom. The molecule has 2 aromatic rings. The lowest BCUT2D eigenvalue weighted by Gasteiger charge is -2.48. The Kier molecular flexibility index (Phi) is 3.25. The van der Waals surface area contributed by atoms with E-state index in [0.717, 1.165) is 22.5 Å². The third-order valence-electron chi connectivity index (χ3n) is 3.61. The Hall–Kier alpha value is -2.21. The number of ether oxygens (including phenoxy) is 1. The van der Waals surface area contributed by atoms with Crippen molar-refractivity contribution in [3.63, 3.8) is 0 Å². The molecule has 110 valence electrons. The van der Waals surface area contributed by atoms with E-state index in [9.17, 15) is 4.79 Å². The fourth-order valence-electron chi connectivity index (χ4n) is 2.62. The molecule has 1 aliphatic rings. The molecule has 1 fully saturated rings. The zero-order valence-electron chi connectivity index (χ0n) is 12.0. The molecule has 0 bridgehead atoms. The van der Waals surface area contributed by atoms with Gasteiger partial charge in [0, 0.05) is 0 Å². The lowest BCUT2D eigenvalue weighted by Crippen LogP contribution is -2.62. The molecule has 1 aromatic carbocycles. The maximum atomic E-state index is 10.6. The number of fused-ring (bicyclic) bond motifs is 1. The molecule has 1 aromatic heterocycles. The Morgan fingerprint density at radius 1 is 1.33 bits per heavy atom. The highest BCUT2D eigenvalue weighted by Crippen LogP contribution is 2.31. The summed E-state index contributed by atoms with van der Waals surface area (Å²) in [6.45, 7) is 4.81. The van der Waals surface area contributed by atoms with Crippen molar-refractivity contribution >= 4 is 22.8 Å². The summed E-state index contributed by atoms with van der Waals surface area (Å²) >= 11 is 0. The molecule has 1 saturated heterocycles. The molecule has 0 amide bonds. The molecule has 2 heterocycles. The highest BCUT2D eigenvalue weighted by atomic mass is 16.5. The van der Waals surface area contributed by atoms with Crippen LogP contribution in [0.15, 0.2) is 24.3 Å². The minimum Gasteiger partial charge on any atom is -0.480 e. The molecule has 0 saturated carbocycles. The number of carboxylic acids is 1. The van der Waals surface area contributed by atoms with Gasteiger partial charge in [0.25, 0.3) is 0 Å². The van der Waals surface area contributed by atoms with E-state index in [1.807, 2.05) is 38.1 Å². The maximum absolute atomic E-state index is 10.6. The summed E-state index contributed by atoms with van der Waals surface area (Å²) in [5.74, 6) is -0.110. The van der Waals surface area contributed by atoms with Crippen LogP contribution in [0.25, 0.3) is 11.0 Å². The Balaban J connectivity index is 1.77. The fourth-order valence-corrected chi connectivity index (χ4v) is 2.62. The number of rotatable bonds is 4. The van der Waals surface area contributed by atoms with Crippen LogP contribution < -0.4 is 4.90 Å². The predicted molar refractivity (Wildman–Crippen MR) is 78.5 cm³/mol. The van der Waals surface area contributed by atoms with E-state index in [1.165, 1.54) is 0 Å². The van der Waals surface area contributed by atoms with Gasteiger partial charge >= 0.3 is 5.97 Å². The third-order valence-corrected chi connectivity index (χ3v) is 3.61. The first-order chi connectivity index (χ1) is 9.97. The standard InChI is InChI=1S/C15H17N3O3/c1-10-14(17-12-6-4-3-5-11(12)16-10)18-8-15(2,9-18)21-7-13(19)20/h3-6H,7-9H2,1-2H3,(H,19,20). The van der Waals surface area contributed by atoms with Gasteiger partial charge in [0.1, 0.15) is 12.2 Å². The number of aromatic nitrogens is 2. The molecular weight excluding hydrogens is 270 g/mol. The van der Waals surface area contributed by atoms with E-state index < -0.39 is 11.6 Å². The Bertz CT molecular complexity index is 696. The van der Waals surface area contributed by atoms with Crippen LogP contribution in [-0.2, 0) is 9.53 Å². The first-order valence-corrected chi connectivity index (χ1v) is 6.81. The second-order valence-electron chi connectivity index (χ2n) is 5.61. The summed E-state index contributed by atoms with van der Waals surface area (Å²) in [6.07, 6.45) is 0. The largest absolute Gasteiger partial charge is 0.480 e. The van der Waals surface area contributed by atoms with Crippen molar-refractivity contribution in [2.45, 2.75) is 19.4 Å². The summed E-state index contributed by atoms with van der Waals surface area (Å²) in [4.78, 5) is 21.9. The molecule has 0 aliphatic carbocycles. The van der Waals surface area contributed by atoms with Gasteiger partial charge in [-0.2, -0.15) is 0 Å². The average molecular weight is 287 g/mol. The molecule has 1 N–H and O–H groups in total. The smallest absolute Gasteiger partial charge is 0.329 e. The minimum absolute atomic E-state index is 0.271. The van der Waals surface area contributed by atoms with E-state index >= 15 is 0 Å². The molecular formula is C15H17N3O3. The molecule has 6 nitrogen and oxygen atoms in total. The van der Waals surface area contributed by atoms with Gasteiger partial charge in [0.15, 0.2) is 5.82 Å². The van der Waals surface area contributed by atoms with Crippen LogP contribution in [0, 0.1) is 6.92 Å². The summed E-state index contributed by atoms with van der Waals surface area (Å²) < 4.78 is 5.42. The van der Waals surface area contributed by atoms with E-state index in [2.05, 4.69) is 14.9 Å². The lowest BCUT2D eigenvalue weighted by atomic mass is 9.96. The topological polar surface area (TPSA) is 75.5 Å². The molecule has 0 radical (unpaired) electrons. The molecule has 0 spiro atoms. The van der Waals surface area contributed by atoms with Crippen LogP contribution in [0.3, 0.4) is 0 Å². The van der Waals surface area contributed by atoms with Crippen molar-refractivity contribution in [3.8, 4) is 0 Å². The summed E-state index contributed by atoms with van der Waals surface area (Å²) in [5.41, 5.74) is 2.18. The monoisotopic (exact) mass is 287 g/mol. The number of hydrogen-bond donors (Lipinski definition) is 1. The van der Waals surface area contributed by atoms with Crippen molar-refractivity contribution in [3.05, 3.63) is 30.0 Å². The zero-order chi connectivity index (χ0) is 15.0. The number of para-hydroxylation sites is 2. The number of carboxylic acid groups (broad SMARTS) is 1. The van der Waals surface area contributed by atoms with Gasteiger partial charge in [0.2, 0.25) is 0 Å². The van der Waals surface area contributed by atoms with Crippen molar-refractivity contribution < 1.29 is 14.6 Å². The number of aliphatic carboxylic acids is 1. The van der Waals surface area contributed by atoms with Crippen molar-refractivity contribution in [2.75, 3.05) is 24.6 Å². The van der Waals surface area contributed by atoms with Crippen LogP contribution in [-0.4, -0.2) is 46.3 Å². The Morgan fingerprint density at radius 2 is 1.95 bits per heavy atom. The number of benzene rings is 1. The van der Waals surface area contributed by atoms with Gasteiger partial charge in [-0.1, -0.05) is 12.1 Å². The SMILES string of the molecule is Cc1nc2ccccc2nc1N1CC(C)(OCC(=O)O)C1. The second kappa shape index (κ2) is 4.96. The fraction of sp³-hybridized carbons (Fsp3) is 0.400. The van der Waals surface area contributed by atoms with Gasteiger partial charge in [0.05, 0.1) is 29.8 Å². The maximum Gasteiger partial charge on any atom is 0.329 e. The van der Waals surface area contributed by atoms with Crippen molar-refractivity contribution in [1.82, 2.24) is 9.97 Å². The second-order valence-corrected chi connectivity index (χ2v) is 5.61. The van der Waals surface area contributed by atoms with E-state index in [1.54, 1.807) is 0 Å². The van der Waals surface area contributed by atoms with Crippen LogP contribution in [0.5, 0.6) is 0 Å². The zero-order valence-corrected chi connectivity index (χ0v) is 12.0. The third kappa shape index (κ3) is 2.67. The van der Waals surface area contributed by atoms with Gasteiger partial charge in [-0.05, 0) is 26.0 Å². The van der Waals surface area contributed by atoms with Gasteiger partial charge in [-0.3, -0.25) is 0 Å². The van der Waals surface area contributed by atoms with Crippen LogP contribution in [0.4, 0.5) is 5.82 Å². The molecule has 0 atom stereocenters. The quantitative estimate of drug-likeness (QED) is 0.921. The lowest BCUT2D eigenvalue weighted by molar-refractivity contribution is -0.150. The first-order valence-electron chi connectivity index (χ1n) is 6.81. The summed E-state index contributed by atoms with van der Waals surface area (Å²) in [6, 6.07) is 7.75. The van der Waals surface area contributed by atoms with Crippen molar-refractivity contribution in [1.29, 1.82) is 0 Å². The Labute approximate surface area is 122 Å². The number of aryl methyl sites for hydroxylation is 1. The summed E-state index contributed by atoms with van der Waals surface area (Å²) in [5, 5.41) is 8.68. The van der Waals surface area contributed by atoms with Gasteiger partial charge < -0.3 is 14.7 Å². The van der Waals surface area contributed by atoms with Crippen LogP contribution >= 0.6 is 0 Å². The van der Waals surface area contributed by atoms with Crippen molar-refractivity contribution in [2.24, 2.45) is 0 Å². The molecule has 21 heavy (non-hydrogen) atoms. The van der Waals surface area contributed by atoms with Gasteiger partial charge in [-0.15, -0.1) is 0 Å². The molecule has 0 unspecified atom stereocenters. The highest BCUT2D eigenvalue weighted by Gasteiger charge is 2.41. The van der Waals surface area contributed by atoms with E-state index in [4.69, 9.17) is 9.84 Å². The molecule has 3 rings (SSSR count). The van der Waals surface area contributed by atoms with Crippen LogP contribution in [0.1, 0.15) is 12.6 Å². The normalized spacial score (nSPS) is 16.8. The number of carbonyl (C=O) groups is 1. The number of nitrogens with zero attached hydrogens (tertiary/aromatic N) is 3. The highest BCUT2D eigenvalue weighted by molar-refractivity contribution is 5.76. The summed E-state index contributed by atoms with van der Waals surface area (Å²) in [7, 11) is 0. The van der Waals surface area contributed by atoms with Gasteiger partial charge in [-0.25, -0.2) is 14.8 Å². The number of anilines is 1. The average Bonchev–Trinajstić information content (AvgIpc) is 2.41. The molecule has 1 aliphatic heterocycles. The molecule has 6 heteroatoms. The first kappa shape index (κ1) is 13.8. The minimum atomic E-state index is -0.948. The van der Waals surface area contributed by atoms with Crippen LogP contribution in [0.2, 0.25) is 0 Å².